The van der Waals surface area contributed by atoms with Crippen LogP contribution in [0.25, 0.3) is 55.4 Å². The minimum absolute atomic E-state index is 0.131. The SMILES string of the molecule is [2H]C([2H])([2H])c1cc(-c2ccccc2)ccc1-c1c(C#N)ccc2c1oc1c(-c3cc(F)c(C)c[n+]3C)c(C)ccc12. The molecule has 0 radical (unpaired) electrons. The van der Waals surface area contributed by atoms with Crippen molar-refractivity contribution in [1.29, 1.82) is 5.26 Å². The summed E-state index contributed by atoms with van der Waals surface area (Å²) in [4.78, 5) is 0. The third kappa shape index (κ3) is 3.67. The number of aromatic nitrogens is 1. The Bertz CT molecular complexity index is 2040. The first kappa shape index (κ1) is 20.3. The molecule has 0 spiro atoms. The van der Waals surface area contributed by atoms with Crippen LogP contribution in [0.5, 0.6) is 0 Å². The van der Waals surface area contributed by atoms with E-state index < -0.39 is 6.85 Å². The molecular formula is C34H26FN2O+. The van der Waals surface area contributed by atoms with Crippen LogP contribution >= 0.6 is 0 Å². The molecule has 0 saturated heterocycles. The van der Waals surface area contributed by atoms with E-state index in [-0.39, 0.29) is 11.4 Å². The summed E-state index contributed by atoms with van der Waals surface area (Å²) in [6, 6.07) is 26.0. The number of halogens is 1. The van der Waals surface area contributed by atoms with Gasteiger partial charge in [0.1, 0.15) is 24.0 Å². The summed E-state index contributed by atoms with van der Waals surface area (Å²) in [7, 11) is 1.86. The number of pyridine rings is 1. The molecular weight excluding hydrogens is 471 g/mol. The highest BCUT2D eigenvalue weighted by Crippen LogP contribution is 2.43. The number of hydrogen-bond acceptors (Lipinski definition) is 2. The molecule has 184 valence electrons. The predicted octanol–water partition coefficient (Wildman–Crippen LogP) is 8.35. The number of rotatable bonds is 3. The maximum atomic E-state index is 14.7. The van der Waals surface area contributed by atoms with Gasteiger partial charge in [0.2, 0.25) is 5.69 Å². The summed E-state index contributed by atoms with van der Waals surface area (Å²) in [6.45, 7) is 1.21. The van der Waals surface area contributed by atoms with Crippen molar-refractivity contribution in [2.75, 3.05) is 0 Å². The van der Waals surface area contributed by atoms with E-state index in [1.807, 2.05) is 73.1 Å². The molecule has 0 bridgehead atoms. The van der Waals surface area contributed by atoms with E-state index in [0.717, 1.165) is 33.0 Å². The standard InChI is InChI=1S/C34H26FN2O/c1-20-10-13-27-28-15-12-25(18-36)32(26-14-11-24(16-21(26)2)23-8-6-5-7-9-23)34(28)38-33(27)31(20)30-17-29(35)22(3)19-37(30)4/h5-17,19H,1-4H3/q+1/i2D3. The first-order chi connectivity index (χ1) is 19.6. The number of fused-ring (bicyclic) bond motifs is 3. The van der Waals surface area contributed by atoms with Crippen LogP contribution in [0.1, 0.15) is 26.4 Å². The molecule has 4 heteroatoms. The summed E-state index contributed by atoms with van der Waals surface area (Å²) in [5.41, 5.74) is 6.71. The molecule has 0 aliphatic rings. The summed E-state index contributed by atoms with van der Waals surface area (Å²) >= 11 is 0. The van der Waals surface area contributed by atoms with Gasteiger partial charge >= 0.3 is 0 Å². The lowest BCUT2D eigenvalue weighted by atomic mass is 9.91. The van der Waals surface area contributed by atoms with Gasteiger partial charge in [-0.15, -0.1) is 0 Å². The maximum Gasteiger partial charge on any atom is 0.219 e. The largest absolute Gasteiger partial charge is 0.454 e. The van der Waals surface area contributed by atoms with Crippen LogP contribution < -0.4 is 4.57 Å². The fourth-order valence-corrected chi connectivity index (χ4v) is 5.26. The molecule has 38 heavy (non-hydrogen) atoms. The molecule has 0 fully saturated rings. The van der Waals surface area contributed by atoms with E-state index in [4.69, 9.17) is 8.53 Å². The van der Waals surface area contributed by atoms with Crippen LogP contribution in [0.2, 0.25) is 0 Å². The Morgan fingerprint density at radius 3 is 2.29 bits per heavy atom. The van der Waals surface area contributed by atoms with Crippen LogP contribution in [0.4, 0.5) is 4.39 Å². The first-order valence-electron chi connectivity index (χ1n) is 13.8. The number of furan rings is 1. The van der Waals surface area contributed by atoms with Crippen molar-refractivity contribution >= 4 is 21.9 Å². The molecule has 2 heterocycles. The number of benzene rings is 4. The Balaban J connectivity index is 1.69. The minimum Gasteiger partial charge on any atom is -0.454 e. The van der Waals surface area contributed by atoms with E-state index in [2.05, 4.69) is 6.07 Å². The van der Waals surface area contributed by atoms with Gasteiger partial charge in [-0.25, -0.2) is 8.96 Å². The van der Waals surface area contributed by atoms with E-state index in [9.17, 15) is 9.65 Å². The Morgan fingerprint density at radius 2 is 1.55 bits per heavy atom. The molecule has 0 atom stereocenters. The average Bonchev–Trinajstić information content (AvgIpc) is 3.33. The van der Waals surface area contributed by atoms with Crippen LogP contribution in [-0.4, -0.2) is 0 Å². The zero-order chi connectivity index (χ0) is 29.1. The Hall–Kier alpha value is -4.75. The third-order valence-electron chi connectivity index (χ3n) is 7.20. The van der Waals surface area contributed by atoms with Crippen LogP contribution in [0.15, 0.2) is 89.5 Å². The molecule has 0 aliphatic carbocycles. The average molecular weight is 501 g/mol. The van der Waals surface area contributed by atoms with Gasteiger partial charge in [0, 0.05) is 32.1 Å². The van der Waals surface area contributed by atoms with Gasteiger partial charge in [-0.1, -0.05) is 60.7 Å². The van der Waals surface area contributed by atoms with Crippen molar-refractivity contribution < 1.29 is 17.5 Å². The Morgan fingerprint density at radius 1 is 0.816 bits per heavy atom. The molecule has 0 N–H and O–H groups in total. The van der Waals surface area contributed by atoms with E-state index in [1.54, 1.807) is 31.3 Å². The highest BCUT2D eigenvalue weighted by Gasteiger charge is 2.24. The van der Waals surface area contributed by atoms with Crippen LogP contribution in [0, 0.1) is 37.8 Å². The van der Waals surface area contributed by atoms with Gasteiger partial charge in [-0.2, -0.15) is 5.26 Å². The molecule has 0 aliphatic heterocycles. The monoisotopic (exact) mass is 500 g/mol. The van der Waals surface area contributed by atoms with Crippen molar-refractivity contribution in [1.82, 2.24) is 0 Å². The second kappa shape index (κ2) is 8.97. The quantitative estimate of drug-likeness (QED) is 0.229. The first-order valence-corrected chi connectivity index (χ1v) is 12.3. The second-order valence-corrected chi connectivity index (χ2v) is 9.64. The zero-order valence-electron chi connectivity index (χ0n) is 24.3. The second-order valence-electron chi connectivity index (χ2n) is 9.64. The van der Waals surface area contributed by atoms with E-state index >= 15 is 0 Å². The smallest absolute Gasteiger partial charge is 0.219 e. The van der Waals surface area contributed by atoms with E-state index in [0.29, 0.717) is 39.1 Å². The van der Waals surface area contributed by atoms with Crippen LogP contribution in [-0.2, 0) is 7.05 Å². The molecule has 0 unspecified atom stereocenters. The summed E-state index contributed by atoms with van der Waals surface area (Å²) in [5.74, 6) is -0.320. The fraction of sp³-hybridized carbons (Fsp3) is 0.118. The summed E-state index contributed by atoms with van der Waals surface area (Å²) < 4.78 is 48.3. The third-order valence-corrected chi connectivity index (χ3v) is 7.20. The molecule has 6 aromatic rings. The normalized spacial score (nSPS) is 12.8. The van der Waals surface area contributed by atoms with Crippen molar-refractivity contribution in [3.8, 4) is 39.6 Å². The number of aryl methyl sites for hydroxylation is 4. The van der Waals surface area contributed by atoms with Gasteiger partial charge in [-0.05, 0) is 60.6 Å². The predicted molar refractivity (Wildman–Crippen MR) is 150 cm³/mol. The number of nitrogens with zero attached hydrogens (tertiary/aromatic N) is 2. The summed E-state index contributed by atoms with van der Waals surface area (Å²) in [5, 5.41) is 11.7. The van der Waals surface area contributed by atoms with Gasteiger partial charge in [0.05, 0.1) is 17.2 Å². The lowest BCUT2D eigenvalue weighted by molar-refractivity contribution is -0.661. The molecule has 2 aromatic heterocycles. The molecule has 0 saturated carbocycles. The molecule has 3 nitrogen and oxygen atoms in total. The minimum atomic E-state index is -2.45. The van der Waals surface area contributed by atoms with Gasteiger partial charge in [0.25, 0.3) is 0 Å². The van der Waals surface area contributed by atoms with Crippen LogP contribution in [0.3, 0.4) is 0 Å². The highest BCUT2D eigenvalue weighted by molar-refractivity contribution is 6.14. The molecule has 6 rings (SSSR count). The van der Waals surface area contributed by atoms with Crippen molar-refractivity contribution in [3.63, 3.8) is 0 Å². The van der Waals surface area contributed by atoms with Gasteiger partial charge in [-0.3, -0.25) is 0 Å². The van der Waals surface area contributed by atoms with Gasteiger partial charge in [0.15, 0.2) is 6.20 Å². The fourth-order valence-electron chi connectivity index (χ4n) is 5.26. The number of hydrogen-bond donors (Lipinski definition) is 0. The maximum absolute atomic E-state index is 14.7. The summed E-state index contributed by atoms with van der Waals surface area (Å²) in [6.07, 6.45) is 1.74. The van der Waals surface area contributed by atoms with Crippen molar-refractivity contribution in [3.05, 3.63) is 113 Å². The zero-order valence-corrected chi connectivity index (χ0v) is 21.3. The lowest BCUT2D eigenvalue weighted by Gasteiger charge is -2.11. The molecule has 0 amide bonds. The van der Waals surface area contributed by atoms with Crippen molar-refractivity contribution in [2.45, 2.75) is 20.7 Å². The van der Waals surface area contributed by atoms with Gasteiger partial charge < -0.3 is 4.42 Å². The highest BCUT2D eigenvalue weighted by atomic mass is 19.1. The Kier molecular flexibility index (Phi) is 4.80. The van der Waals surface area contributed by atoms with Crippen molar-refractivity contribution in [2.24, 2.45) is 7.05 Å². The Labute approximate surface area is 225 Å². The lowest BCUT2D eigenvalue weighted by Crippen LogP contribution is -2.31. The number of nitriles is 1. The van der Waals surface area contributed by atoms with E-state index in [1.165, 1.54) is 6.07 Å². The topological polar surface area (TPSA) is 40.8 Å². The molecule has 4 aromatic carbocycles.